The number of aromatic nitrogens is 3. The summed E-state index contributed by atoms with van der Waals surface area (Å²) in [5.74, 6) is -0.875. The van der Waals surface area contributed by atoms with Crippen molar-refractivity contribution in [1.29, 1.82) is 0 Å². The molecular formula is C14H11ClLiN4O2. The molecule has 0 saturated carbocycles. The Hall–Kier alpha value is -2.00. The van der Waals surface area contributed by atoms with Crippen molar-refractivity contribution in [2.75, 3.05) is 5.73 Å². The second-order valence-corrected chi connectivity index (χ2v) is 4.99. The number of nitrogens with two attached hydrogens (primary N) is 1. The molecular weight excluding hydrogens is 299 g/mol. The first kappa shape index (κ1) is 16.4. The van der Waals surface area contributed by atoms with Gasteiger partial charge in [0.1, 0.15) is 0 Å². The fourth-order valence-corrected chi connectivity index (χ4v) is 2.63. The largest absolute Gasteiger partial charge is 0.478 e. The molecule has 2 heterocycles. The molecule has 0 amide bonds. The SMILES string of the molecule is Cc1ccc(-c2ccn3nc(N)nc3c2)c(Cl)c1C(=O)O.[Li]. The summed E-state index contributed by atoms with van der Waals surface area (Å²) in [5.41, 5.74) is 8.22. The van der Waals surface area contributed by atoms with Gasteiger partial charge in [-0.05, 0) is 30.2 Å². The van der Waals surface area contributed by atoms with Crippen LogP contribution in [0.2, 0.25) is 5.02 Å². The molecule has 3 rings (SSSR count). The Morgan fingerprint density at radius 1 is 1.36 bits per heavy atom. The fourth-order valence-electron chi connectivity index (χ4n) is 2.22. The maximum absolute atomic E-state index is 11.3. The number of fused-ring (bicyclic) bond motifs is 1. The Labute approximate surface area is 143 Å². The van der Waals surface area contributed by atoms with Crippen molar-refractivity contribution in [1.82, 2.24) is 14.6 Å². The summed E-state index contributed by atoms with van der Waals surface area (Å²) in [6.45, 7) is 1.71. The van der Waals surface area contributed by atoms with Crippen LogP contribution in [0.25, 0.3) is 16.8 Å². The molecule has 2 aromatic heterocycles. The van der Waals surface area contributed by atoms with Crippen molar-refractivity contribution in [3.8, 4) is 11.1 Å². The van der Waals surface area contributed by atoms with E-state index in [0.29, 0.717) is 16.8 Å². The van der Waals surface area contributed by atoms with Crippen molar-refractivity contribution >= 4 is 48.0 Å². The van der Waals surface area contributed by atoms with E-state index < -0.39 is 5.97 Å². The number of halogens is 1. The number of pyridine rings is 1. The fraction of sp³-hybridized carbons (Fsp3) is 0.0714. The molecule has 22 heavy (non-hydrogen) atoms. The minimum absolute atomic E-state index is 0. The van der Waals surface area contributed by atoms with E-state index in [0.717, 1.165) is 5.56 Å². The average molecular weight is 310 g/mol. The van der Waals surface area contributed by atoms with Gasteiger partial charge in [-0.3, -0.25) is 0 Å². The maximum atomic E-state index is 11.3. The Bertz CT molecular complexity index is 879. The number of benzene rings is 1. The van der Waals surface area contributed by atoms with E-state index in [2.05, 4.69) is 10.1 Å². The number of hydrogen-bond acceptors (Lipinski definition) is 4. The summed E-state index contributed by atoms with van der Waals surface area (Å²) >= 11 is 6.25. The van der Waals surface area contributed by atoms with Gasteiger partial charge in [-0.15, -0.1) is 5.10 Å². The van der Waals surface area contributed by atoms with Gasteiger partial charge in [0.2, 0.25) is 5.95 Å². The maximum Gasteiger partial charge on any atom is 0.337 e. The molecule has 0 bridgehead atoms. The van der Waals surface area contributed by atoms with Crippen molar-refractivity contribution in [2.45, 2.75) is 6.92 Å². The average Bonchev–Trinajstić information content (AvgIpc) is 2.77. The molecule has 6 nitrogen and oxygen atoms in total. The van der Waals surface area contributed by atoms with Crippen LogP contribution in [-0.4, -0.2) is 44.5 Å². The zero-order valence-corrected chi connectivity index (χ0v) is 12.8. The summed E-state index contributed by atoms with van der Waals surface area (Å²) in [7, 11) is 0. The molecule has 0 aliphatic rings. The Balaban J connectivity index is 0.00000176. The summed E-state index contributed by atoms with van der Waals surface area (Å²) in [4.78, 5) is 15.4. The van der Waals surface area contributed by atoms with Gasteiger partial charge in [0.25, 0.3) is 0 Å². The third kappa shape index (κ3) is 2.69. The molecule has 3 aromatic rings. The Morgan fingerprint density at radius 3 is 2.77 bits per heavy atom. The van der Waals surface area contributed by atoms with E-state index in [4.69, 9.17) is 17.3 Å². The van der Waals surface area contributed by atoms with E-state index in [9.17, 15) is 9.90 Å². The normalized spacial score (nSPS) is 10.5. The zero-order chi connectivity index (χ0) is 15.1. The third-order valence-corrected chi connectivity index (χ3v) is 3.62. The van der Waals surface area contributed by atoms with Crippen molar-refractivity contribution < 1.29 is 9.90 Å². The van der Waals surface area contributed by atoms with Crippen LogP contribution in [0.4, 0.5) is 5.95 Å². The van der Waals surface area contributed by atoms with Gasteiger partial charge in [-0.1, -0.05) is 23.7 Å². The van der Waals surface area contributed by atoms with Crippen LogP contribution < -0.4 is 5.73 Å². The summed E-state index contributed by atoms with van der Waals surface area (Å²) in [6.07, 6.45) is 1.70. The Kier molecular flexibility index (Phi) is 4.47. The molecule has 107 valence electrons. The quantitative estimate of drug-likeness (QED) is 0.708. The number of carboxylic acids is 1. The minimum atomic E-state index is -1.05. The van der Waals surface area contributed by atoms with Crippen LogP contribution in [0.15, 0.2) is 30.5 Å². The molecule has 3 N–H and O–H groups in total. The number of nitrogens with zero attached hydrogens (tertiary/aromatic N) is 3. The molecule has 0 saturated heterocycles. The molecule has 0 aliphatic heterocycles. The monoisotopic (exact) mass is 309 g/mol. The predicted octanol–water partition coefficient (Wildman–Crippen LogP) is 2.26. The van der Waals surface area contributed by atoms with E-state index in [-0.39, 0.29) is 35.4 Å². The molecule has 0 unspecified atom stereocenters. The van der Waals surface area contributed by atoms with Gasteiger partial charge in [0.15, 0.2) is 5.65 Å². The number of anilines is 1. The zero-order valence-electron chi connectivity index (χ0n) is 12.0. The Morgan fingerprint density at radius 2 is 2.09 bits per heavy atom. The smallest absolute Gasteiger partial charge is 0.337 e. The van der Waals surface area contributed by atoms with Gasteiger partial charge in [-0.2, -0.15) is 4.98 Å². The van der Waals surface area contributed by atoms with Gasteiger partial charge < -0.3 is 10.8 Å². The molecule has 1 aromatic carbocycles. The van der Waals surface area contributed by atoms with Crippen molar-refractivity contribution in [2.24, 2.45) is 0 Å². The number of carbonyl (C=O) groups is 1. The first-order valence-corrected chi connectivity index (χ1v) is 6.50. The molecule has 0 spiro atoms. The first-order valence-electron chi connectivity index (χ1n) is 6.12. The van der Waals surface area contributed by atoms with E-state index >= 15 is 0 Å². The topological polar surface area (TPSA) is 93.5 Å². The number of nitrogen functional groups attached to an aromatic ring is 1. The van der Waals surface area contributed by atoms with Crippen LogP contribution in [0, 0.1) is 6.92 Å². The number of carboxylic acid groups (broad SMARTS) is 1. The number of aryl methyl sites for hydroxylation is 1. The standard InChI is InChI=1S/C14H11ClN4O2.Li/c1-7-2-3-9(12(15)11(7)13(20)21)8-4-5-19-10(6-8)17-14(16)18-19;/h2-6H,1H3,(H2,16,18)(H,20,21);. The van der Waals surface area contributed by atoms with Gasteiger partial charge in [0, 0.05) is 30.6 Å². The van der Waals surface area contributed by atoms with E-state index in [1.54, 1.807) is 41.9 Å². The number of aromatic carboxylic acids is 1. The summed E-state index contributed by atoms with van der Waals surface area (Å²) in [6, 6.07) is 7.05. The number of hydrogen-bond donors (Lipinski definition) is 2. The first-order chi connectivity index (χ1) is 9.97. The molecule has 8 heteroatoms. The van der Waals surface area contributed by atoms with E-state index in [1.165, 1.54) is 0 Å². The third-order valence-electron chi connectivity index (χ3n) is 3.23. The molecule has 0 atom stereocenters. The predicted molar refractivity (Wildman–Crippen MR) is 85.3 cm³/mol. The van der Waals surface area contributed by atoms with Gasteiger partial charge >= 0.3 is 5.97 Å². The summed E-state index contributed by atoms with van der Waals surface area (Å²) in [5, 5.41) is 13.5. The van der Waals surface area contributed by atoms with Crippen molar-refractivity contribution in [3.05, 3.63) is 46.6 Å². The van der Waals surface area contributed by atoms with Crippen LogP contribution in [-0.2, 0) is 0 Å². The number of rotatable bonds is 2. The summed E-state index contributed by atoms with van der Waals surface area (Å²) < 4.78 is 1.54. The van der Waals surface area contributed by atoms with Gasteiger partial charge in [0.05, 0.1) is 10.6 Å². The van der Waals surface area contributed by atoms with Crippen LogP contribution in [0.5, 0.6) is 0 Å². The minimum Gasteiger partial charge on any atom is -0.478 e. The van der Waals surface area contributed by atoms with Crippen LogP contribution in [0.1, 0.15) is 15.9 Å². The van der Waals surface area contributed by atoms with Crippen LogP contribution in [0.3, 0.4) is 0 Å². The molecule has 0 aliphatic carbocycles. The van der Waals surface area contributed by atoms with E-state index in [1.807, 2.05) is 0 Å². The molecule has 0 fully saturated rings. The van der Waals surface area contributed by atoms with Gasteiger partial charge in [-0.25, -0.2) is 9.31 Å². The second-order valence-electron chi connectivity index (χ2n) is 4.61. The second kappa shape index (κ2) is 6.01. The van der Waals surface area contributed by atoms with Crippen LogP contribution >= 0.6 is 11.6 Å². The molecule has 1 radical (unpaired) electrons. The van der Waals surface area contributed by atoms with Crippen molar-refractivity contribution in [3.63, 3.8) is 0 Å².